The van der Waals surface area contributed by atoms with E-state index in [2.05, 4.69) is 51.8 Å². The van der Waals surface area contributed by atoms with Crippen LogP contribution < -0.4 is 5.32 Å². The predicted molar refractivity (Wildman–Crippen MR) is 146 cm³/mol. The summed E-state index contributed by atoms with van der Waals surface area (Å²) < 4.78 is 6.91. The fourth-order valence-electron chi connectivity index (χ4n) is 4.35. The third-order valence-corrected chi connectivity index (χ3v) is 7.06. The first-order valence-electron chi connectivity index (χ1n) is 12.1. The molecule has 10 heteroatoms. The van der Waals surface area contributed by atoms with Gasteiger partial charge in [0, 0.05) is 23.6 Å². The van der Waals surface area contributed by atoms with Gasteiger partial charge in [-0.3, -0.25) is 10.1 Å². The van der Waals surface area contributed by atoms with Gasteiger partial charge in [-0.15, -0.1) is 5.10 Å². The molecule has 1 aliphatic rings. The zero-order chi connectivity index (χ0) is 26.6. The number of hydrogen-bond acceptors (Lipinski definition) is 8. The molecule has 1 aromatic heterocycles. The highest BCUT2D eigenvalue weighted by molar-refractivity contribution is 7.98. The highest BCUT2D eigenvalue weighted by Gasteiger charge is 2.35. The third-order valence-electron chi connectivity index (χ3n) is 6.15. The van der Waals surface area contributed by atoms with Crippen LogP contribution in [-0.4, -0.2) is 32.3 Å². The van der Waals surface area contributed by atoms with E-state index in [-0.39, 0.29) is 12.3 Å². The number of nitro benzene ring substituents is 1. The number of carbonyl (C=O) groups excluding carboxylic acids is 1. The van der Waals surface area contributed by atoms with Crippen molar-refractivity contribution in [3.8, 4) is 11.1 Å². The molecule has 4 aromatic rings. The van der Waals surface area contributed by atoms with Crippen molar-refractivity contribution in [2.75, 3.05) is 11.9 Å². The first-order chi connectivity index (χ1) is 18.4. The number of anilines is 1. The van der Waals surface area contributed by atoms with Gasteiger partial charge in [0.25, 0.3) is 5.69 Å². The predicted octanol–water partition coefficient (Wildman–Crippen LogP) is 6.00. The van der Waals surface area contributed by atoms with E-state index in [0.717, 1.165) is 16.7 Å². The number of nitrogens with one attached hydrogen (secondary N) is 1. The second-order valence-corrected chi connectivity index (χ2v) is 9.60. The zero-order valence-electron chi connectivity index (χ0n) is 20.8. The van der Waals surface area contributed by atoms with E-state index >= 15 is 0 Å². The molecule has 1 N–H and O–H groups in total. The fourth-order valence-corrected chi connectivity index (χ4v) is 5.14. The maximum atomic E-state index is 12.9. The van der Waals surface area contributed by atoms with Crippen LogP contribution in [0.4, 0.5) is 11.6 Å². The summed E-state index contributed by atoms with van der Waals surface area (Å²) in [5, 5.41) is 19.8. The topological polar surface area (TPSA) is 112 Å². The zero-order valence-corrected chi connectivity index (χ0v) is 21.6. The smallest absolute Gasteiger partial charge is 0.338 e. The Morgan fingerprint density at radius 3 is 2.53 bits per heavy atom. The number of non-ortho nitro benzene ring substituents is 1. The number of allylic oxidation sites excluding steroid dienone is 1. The number of thioether (sulfide) groups is 1. The van der Waals surface area contributed by atoms with Crippen molar-refractivity contribution in [3.05, 3.63) is 111 Å². The molecule has 1 unspecified atom stereocenters. The van der Waals surface area contributed by atoms with Gasteiger partial charge in [0.1, 0.15) is 6.04 Å². The first-order valence-corrected chi connectivity index (χ1v) is 13.1. The van der Waals surface area contributed by atoms with Crippen molar-refractivity contribution in [2.24, 2.45) is 0 Å². The molecule has 0 aliphatic carbocycles. The number of esters is 1. The van der Waals surface area contributed by atoms with Gasteiger partial charge in [-0.1, -0.05) is 78.5 Å². The Kier molecular flexibility index (Phi) is 7.23. The standard InChI is InChI=1S/C28H25N5O4S/c1-3-37-26(34)24-18(2)29-27-30-28(31-32(27)25(24)22-10-7-11-23(16-22)33(35)36)38-17-19-12-14-21(15-13-19)20-8-5-4-6-9-20/h4-16,25H,3,17H2,1-2H3,(H,29,30,31). The van der Waals surface area contributed by atoms with Gasteiger partial charge in [-0.2, -0.15) is 4.98 Å². The first kappa shape index (κ1) is 25.2. The molecule has 0 spiro atoms. The highest BCUT2D eigenvalue weighted by atomic mass is 32.2. The maximum Gasteiger partial charge on any atom is 0.338 e. The number of benzene rings is 3. The van der Waals surface area contributed by atoms with Gasteiger partial charge in [0.15, 0.2) is 0 Å². The van der Waals surface area contributed by atoms with Crippen LogP contribution in [0.15, 0.2) is 95.3 Å². The molecular weight excluding hydrogens is 502 g/mol. The molecule has 192 valence electrons. The van der Waals surface area contributed by atoms with E-state index in [0.29, 0.717) is 33.7 Å². The molecule has 38 heavy (non-hydrogen) atoms. The van der Waals surface area contributed by atoms with Crippen molar-refractivity contribution in [2.45, 2.75) is 30.8 Å². The molecule has 0 saturated carbocycles. The van der Waals surface area contributed by atoms with Gasteiger partial charge in [0.05, 0.1) is 17.1 Å². The van der Waals surface area contributed by atoms with Crippen molar-refractivity contribution in [1.82, 2.24) is 14.8 Å². The number of nitro groups is 1. The van der Waals surface area contributed by atoms with Gasteiger partial charge in [0.2, 0.25) is 11.1 Å². The highest BCUT2D eigenvalue weighted by Crippen LogP contribution is 2.38. The normalized spacial score (nSPS) is 14.5. The molecule has 0 amide bonds. The van der Waals surface area contributed by atoms with Gasteiger partial charge < -0.3 is 10.1 Å². The van der Waals surface area contributed by atoms with Crippen LogP contribution in [-0.2, 0) is 15.3 Å². The second kappa shape index (κ2) is 10.9. The van der Waals surface area contributed by atoms with Crippen LogP contribution >= 0.6 is 11.8 Å². The van der Waals surface area contributed by atoms with Gasteiger partial charge >= 0.3 is 5.97 Å². The van der Waals surface area contributed by atoms with E-state index in [9.17, 15) is 14.9 Å². The SMILES string of the molecule is CCOC(=O)C1=C(C)Nc2nc(SCc3ccc(-c4ccccc4)cc3)nn2C1c1cccc([N+](=O)[O-])c1. The molecule has 2 heterocycles. The maximum absolute atomic E-state index is 12.9. The minimum Gasteiger partial charge on any atom is -0.463 e. The van der Waals surface area contributed by atoms with Crippen LogP contribution in [0.5, 0.6) is 0 Å². The summed E-state index contributed by atoms with van der Waals surface area (Å²) >= 11 is 1.47. The lowest BCUT2D eigenvalue weighted by atomic mass is 9.95. The van der Waals surface area contributed by atoms with E-state index < -0.39 is 16.9 Å². The van der Waals surface area contributed by atoms with Crippen molar-refractivity contribution in [1.29, 1.82) is 0 Å². The average Bonchev–Trinajstić information content (AvgIpc) is 3.34. The Balaban J connectivity index is 1.42. The molecule has 0 radical (unpaired) electrons. The molecule has 9 nitrogen and oxygen atoms in total. The van der Waals surface area contributed by atoms with Crippen LogP contribution in [0.1, 0.15) is 31.0 Å². The van der Waals surface area contributed by atoms with Crippen LogP contribution in [0.25, 0.3) is 11.1 Å². The molecule has 3 aromatic carbocycles. The number of nitrogens with zero attached hydrogens (tertiary/aromatic N) is 4. The minimum absolute atomic E-state index is 0.0721. The summed E-state index contributed by atoms with van der Waals surface area (Å²) in [4.78, 5) is 28.6. The number of carbonyl (C=O) groups is 1. The number of rotatable bonds is 8. The van der Waals surface area contributed by atoms with E-state index in [1.54, 1.807) is 30.7 Å². The Morgan fingerprint density at radius 1 is 1.08 bits per heavy atom. The second-order valence-electron chi connectivity index (χ2n) is 8.65. The van der Waals surface area contributed by atoms with Crippen molar-refractivity contribution < 1.29 is 14.5 Å². The average molecular weight is 528 g/mol. The summed E-state index contributed by atoms with van der Waals surface area (Å²) in [6, 6.07) is 24.0. The Hall–Kier alpha value is -4.44. The Labute approximate surface area is 223 Å². The minimum atomic E-state index is -0.725. The monoisotopic (exact) mass is 527 g/mol. The number of fused-ring (bicyclic) bond motifs is 1. The molecule has 1 aliphatic heterocycles. The van der Waals surface area contributed by atoms with Crippen LogP contribution in [0.3, 0.4) is 0 Å². The summed E-state index contributed by atoms with van der Waals surface area (Å²) in [5.74, 6) is 0.591. The molecule has 5 rings (SSSR count). The number of aromatic nitrogens is 3. The van der Waals surface area contributed by atoms with Gasteiger partial charge in [-0.05, 0) is 36.1 Å². The van der Waals surface area contributed by atoms with Crippen LogP contribution in [0, 0.1) is 10.1 Å². The van der Waals surface area contributed by atoms with Crippen molar-refractivity contribution in [3.63, 3.8) is 0 Å². The largest absolute Gasteiger partial charge is 0.463 e. The number of hydrogen-bond donors (Lipinski definition) is 1. The van der Waals surface area contributed by atoms with E-state index in [4.69, 9.17) is 4.74 Å². The fraction of sp³-hybridized carbons (Fsp3) is 0.179. The lowest BCUT2D eigenvalue weighted by Crippen LogP contribution is -2.29. The molecule has 0 bridgehead atoms. The lowest BCUT2D eigenvalue weighted by Gasteiger charge is -2.27. The van der Waals surface area contributed by atoms with Crippen LogP contribution in [0.2, 0.25) is 0 Å². The lowest BCUT2D eigenvalue weighted by molar-refractivity contribution is -0.384. The molecule has 1 atom stereocenters. The van der Waals surface area contributed by atoms with E-state index in [1.165, 1.54) is 23.9 Å². The summed E-state index contributed by atoms with van der Waals surface area (Å²) in [5.41, 5.74) is 4.79. The summed E-state index contributed by atoms with van der Waals surface area (Å²) in [6.07, 6.45) is 0. The quantitative estimate of drug-likeness (QED) is 0.129. The summed E-state index contributed by atoms with van der Waals surface area (Å²) in [7, 11) is 0. The Morgan fingerprint density at radius 2 is 1.82 bits per heavy atom. The third kappa shape index (κ3) is 5.16. The molecular formula is C28H25N5O4S. The molecule has 0 saturated heterocycles. The van der Waals surface area contributed by atoms with E-state index in [1.807, 2.05) is 18.2 Å². The van der Waals surface area contributed by atoms with Crippen molar-refractivity contribution >= 4 is 29.4 Å². The Bertz CT molecular complexity index is 1520. The number of ether oxygens (including phenoxy) is 1. The van der Waals surface area contributed by atoms with Gasteiger partial charge in [-0.25, -0.2) is 9.48 Å². The molecule has 0 fully saturated rings. The summed E-state index contributed by atoms with van der Waals surface area (Å²) in [6.45, 7) is 3.69.